The number of carbonyl (C=O) groups excluding carboxylic acids is 2. The maximum Gasteiger partial charge on any atom is 1.00 e. The van der Waals surface area contributed by atoms with Gasteiger partial charge in [0.25, 0.3) is 0 Å². The van der Waals surface area contributed by atoms with E-state index in [2.05, 4.69) is 0 Å². The van der Waals surface area contributed by atoms with Gasteiger partial charge in [-0.05, 0) is 52.3 Å². The number of aromatic carboxylic acids is 1. The summed E-state index contributed by atoms with van der Waals surface area (Å²) in [5.74, 6) is -0.801. The summed E-state index contributed by atoms with van der Waals surface area (Å²) in [4.78, 5) is 26.4. The maximum absolute atomic E-state index is 13.0. The van der Waals surface area contributed by atoms with Crippen molar-refractivity contribution in [3.05, 3.63) is 113 Å². The molecule has 6 heteroatoms. The van der Waals surface area contributed by atoms with Crippen LogP contribution in [0.3, 0.4) is 0 Å². The summed E-state index contributed by atoms with van der Waals surface area (Å²) in [5.41, 5.74) is 2.83. The Labute approximate surface area is 227 Å². The quantitative estimate of drug-likeness (QED) is 0.339. The van der Waals surface area contributed by atoms with Crippen LogP contribution >= 0.6 is 0 Å². The summed E-state index contributed by atoms with van der Waals surface area (Å²) < 4.78 is 6.03. The van der Waals surface area contributed by atoms with Crippen LogP contribution in [0.5, 0.6) is 5.75 Å². The average Bonchev–Trinajstić information content (AvgIpc) is 2.87. The number of amides is 1. The van der Waals surface area contributed by atoms with Gasteiger partial charge in [-0.25, -0.2) is 0 Å². The molecule has 1 amide bonds. The molecule has 0 bridgehead atoms. The zero-order valence-corrected chi connectivity index (χ0v) is 22.1. The van der Waals surface area contributed by atoms with Gasteiger partial charge >= 0.3 is 29.6 Å². The first-order valence-electron chi connectivity index (χ1n) is 11.2. The first-order chi connectivity index (χ1) is 16.5. The van der Waals surface area contributed by atoms with E-state index in [1.54, 1.807) is 18.0 Å². The van der Waals surface area contributed by atoms with Crippen LogP contribution in [0.25, 0.3) is 10.8 Å². The Morgan fingerprint density at radius 1 is 0.829 bits per heavy atom. The molecule has 0 saturated heterocycles. The van der Waals surface area contributed by atoms with Crippen molar-refractivity contribution < 1.29 is 49.0 Å². The van der Waals surface area contributed by atoms with E-state index in [1.165, 1.54) is 6.07 Å². The third-order valence-electron chi connectivity index (χ3n) is 5.86. The molecule has 5 nitrogen and oxygen atoms in total. The van der Waals surface area contributed by atoms with E-state index in [-0.39, 0.29) is 47.4 Å². The van der Waals surface area contributed by atoms with Gasteiger partial charge < -0.3 is 19.5 Å². The van der Waals surface area contributed by atoms with Crippen LogP contribution in [0.4, 0.5) is 0 Å². The molecule has 0 atom stereocenters. The predicted octanol–water partition coefficient (Wildman–Crippen LogP) is 1.03. The van der Waals surface area contributed by atoms with Crippen LogP contribution in [-0.2, 0) is 24.2 Å². The number of nitrogens with zero attached hydrogens (tertiary/aromatic N) is 1. The number of carboxylic acids is 1. The van der Waals surface area contributed by atoms with E-state index in [0.717, 1.165) is 22.9 Å². The monoisotopic (exact) mass is 475 g/mol. The van der Waals surface area contributed by atoms with Gasteiger partial charge in [0, 0.05) is 19.0 Å². The zero-order chi connectivity index (χ0) is 23.9. The number of carboxylic acid groups (broad SMARTS) is 1. The van der Waals surface area contributed by atoms with E-state index >= 15 is 0 Å². The standard InChI is InChI=1S/C29H27NO4.Na/c1-30(16-15-21-9-4-2-5-10-21)28(31)19-23-17-24(29(32)33)18-26-25(23)13-8-14-27(26)34-20-22-11-6-3-7-12-22;/h2-14,17-18H,15-16,19-20H2,1H3,(H,32,33);/q;+1/p-1. The molecule has 35 heavy (non-hydrogen) atoms. The maximum atomic E-state index is 13.0. The molecule has 0 unspecified atom stereocenters. The van der Waals surface area contributed by atoms with E-state index in [0.29, 0.717) is 29.9 Å². The van der Waals surface area contributed by atoms with Crippen molar-refractivity contribution >= 4 is 22.6 Å². The summed E-state index contributed by atoms with van der Waals surface area (Å²) in [6.45, 7) is 0.929. The molecule has 4 aromatic rings. The number of hydrogen-bond acceptors (Lipinski definition) is 4. The Kier molecular flexibility index (Phi) is 9.49. The number of fused-ring (bicyclic) bond motifs is 1. The fourth-order valence-corrected chi connectivity index (χ4v) is 3.92. The van der Waals surface area contributed by atoms with Crippen molar-refractivity contribution in [1.82, 2.24) is 4.90 Å². The predicted molar refractivity (Wildman–Crippen MR) is 131 cm³/mol. The van der Waals surface area contributed by atoms with Crippen molar-refractivity contribution in [3.8, 4) is 5.75 Å². The number of ether oxygens (including phenoxy) is 1. The summed E-state index contributed by atoms with van der Waals surface area (Å²) in [6.07, 6.45) is 0.839. The number of likely N-dealkylation sites (N-methyl/N-ethyl adjacent to an activating group) is 1. The average molecular weight is 476 g/mol. The van der Waals surface area contributed by atoms with Gasteiger partial charge in [0.15, 0.2) is 0 Å². The molecule has 0 saturated carbocycles. The minimum atomic E-state index is -1.29. The van der Waals surface area contributed by atoms with E-state index in [1.807, 2.05) is 78.9 Å². The van der Waals surface area contributed by atoms with Gasteiger partial charge in [-0.15, -0.1) is 0 Å². The van der Waals surface area contributed by atoms with Crippen LogP contribution in [0.1, 0.15) is 27.0 Å². The van der Waals surface area contributed by atoms with Crippen LogP contribution in [0, 0.1) is 0 Å². The fraction of sp³-hybridized carbons (Fsp3) is 0.172. The van der Waals surface area contributed by atoms with Gasteiger partial charge in [0.2, 0.25) is 5.91 Å². The molecule has 0 aliphatic heterocycles. The van der Waals surface area contributed by atoms with Crippen molar-refractivity contribution in [2.75, 3.05) is 13.6 Å². The van der Waals surface area contributed by atoms with Crippen molar-refractivity contribution in [1.29, 1.82) is 0 Å². The molecule has 4 aromatic carbocycles. The van der Waals surface area contributed by atoms with Gasteiger partial charge in [-0.3, -0.25) is 4.79 Å². The second kappa shape index (κ2) is 12.5. The Morgan fingerprint density at radius 3 is 2.14 bits per heavy atom. The molecule has 0 spiro atoms. The Balaban J connectivity index is 0.00000342. The SMILES string of the molecule is CN(CCc1ccccc1)C(=O)Cc1cc(C(=O)[O-])cc2c(OCc3ccccc3)cccc12.[Na+]. The number of carbonyl (C=O) groups is 2. The normalized spacial score (nSPS) is 10.4. The largest absolute Gasteiger partial charge is 1.00 e. The Morgan fingerprint density at radius 2 is 1.49 bits per heavy atom. The van der Waals surface area contributed by atoms with Crippen molar-refractivity contribution in [2.24, 2.45) is 0 Å². The summed E-state index contributed by atoms with van der Waals surface area (Å²) in [6, 6.07) is 28.4. The van der Waals surface area contributed by atoms with Gasteiger partial charge in [-0.2, -0.15) is 0 Å². The second-order valence-electron chi connectivity index (χ2n) is 8.28. The smallest absolute Gasteiger partial charge is 0.545 e. The molecular weight excluding hydrogens is 449 g/mol. The molecule has 0 aliphatic rings. The Hall–Kier alpha value is -3.12. The van der Waals surface area contributed by atoms with Crippen LogP contribution in [0.15, 0.2) is 91.0 Å². The van der Waals surface area contributed by atoms with Crippen molar-refractivity contribution in [2.45, 2.75) is 19.4 Å². The van der Waals surface area contributed by atoms with Crippen LogP contribution < -0.4 is 39.4 Å². The summed E-state index contributed by atoms with van der Waals surface area (Å²) in [7, 11) is 1.77. The summed E-state index contributed by atoms with van der Waals surface area (Å²) in [5, 5.41) is 13.2. The number of rotatable bonds is 9. The number of hydrogen-bond donors (Lipinski definition) is 0. The van der Waals surface area contributed by atoms with Gasteiger partial charge in [-0.1, -0.05) is 72.8 Å². The molecule has 0 fully saturated rings. The first-order valence-corrected chi connectivity index (χ1v) is 11.2. The third kappa shape index (κ3) is 6.95. The van der Waals surface area contributed by atoms with Gasteiger partial charge in [0.1, 0.15) is 12.4 Å². The molecular formula is C29H26NNaO4. The topological polar surface area (TPSA) is 69.7 Å². The van der Waals surface area contributed by atoms with E-state index in [4.69, 9.17) is 4.74 Å². The first kappa shape index (κ1) is 26.5. The minimum absolute atomic E-state index is 0. The van der Waals surface area contributed by atoms with E-state index < -0.39 is 5.97 Å². The fourth-order valence-electron chi connectivity index (χ4n) is 3.92. The molecule has 0 N–H and O–H groups in total. The number of benzene rings is 4. The van der Waals surface area contributed by atoms with E-state index in [9.17, 15) is 14.7 Å². The van der Waals surface area contributed by atoms with Crippen LogP contribution in [0.2, 0.25) is 0 Å². The summed E-state index contributed by atoms with van der Waals surface area (Å²) >= 11 is 0. The third-order valence-corrected chi connectivity index (χ3v) is 5.86. The molecule has 4 rings (SSSR count). The molecule has 0 aromatic heterocycles. The molecule has 0 aliphatic carbocycles. The Bertz CT molecular complexity index is 1290. The second-order valence-corrected chi connectivity index (χ2v) is 8.28. The van der Waals surface area contributed by atoms with Crippen molar-refractivity contribution in [3.63, 3.8) is 0 Å². The molecule has 0 heterocycles. The molecule has 172 valence electrons. The minimum Gasteiger partial charge on any atom is -0.545 e. The van der Waals surface area contributed by atoms with Gasteiger partial charge in [0.05, 0.1) is 12.4 Å². The molecule has 0 radical (unpaired) electrons. The zero-order valence-electron chi connectivity index (χ0n) is 20.1. The van der Waals surface area contributed by atoms with Crippen LogP contribution in [-0.4, -0.2) is 30.4 Å².